The highest BCUT2D eigenvalue weighted by Crippen LogP contribution is 2.46. The van der Waals surface area contributed by atoms with E-state index in [1.807, 2.05) is 0 Å². The standard InChI is InChI=1S/C28H25N3/c1-31(2)24-19-17-21(18-20-24)27-29-26-16-10-9-15-25(26)28(30-27,22-11-5-3-6-12-22)23-13-7-4-8-14-23/h3-20H,1-2H3,(H,29,30). The lowest BCUT2D eigenvalue weighted by Gasteiger charge is -2.38. The summed E-state index contributed by atoms with van der Waals surface area (Å²) in [6.07, 6.45) is 0. The van der Waals surface area contributed by atoms with Crippen molar-refractivity contribution in [3.8, 4) is 0 Å². The average molecular weight is 404 g/mol. The van der Waals surface area contributed by atoms with Gasteiger partial charge in [0.25, 0.3) is 0 Å². The van der Waals surface area contributed by atoms with E-state index < -0.39 is 5.54 Å². The second-order valence-electron chi connectivity index (χ2n) is 8.01. The molecule has 0 saturated carbocycles. The van der Waals surface area contributed by atoms with Gasteiger partial charge in [0.2, 0.25) is 0 Å². The van der Waals surface area contributed by atoms with E-state index in [2.05, 4.69) is 134 Å². The van der Waals surface area contributed by atoms with Crippen LogP contribution >= 0.6 is 0 Å². The summed E-state index contributed by atoms with van der Waals surface area (Å²) in [6.45, 7) is 0. The maximum absolute atomic E-state index is 5.43. The number of hydrogen-bond donors (Lipinski definition) is 1. The summed E-state index contributed by atoms with van der Waals surface area (Å²) in [5, 5.41) is 3.59. The molecule has 1 N–H and O–H groups in total. The first-order valence-corrected chi connectivity index (χ1v) is 10.5. The van der Waals surface area contributed by atoms with Crippen molar-refractivity contribution in [3.63, 3.8) is 0 Å². The Hall–Kier alpha value is -3.85. The van der Waals surface area contributed by atoms with Gasteiger partial charge in [-0.05, 0) is 41.5 Å². The van der Waals surface area contributed by atoms with Gasteiger partial charge in [-0.25, -0.2) is 4.99 Å². The van der Waals surface area contributed by atoms with Gasteiger partial charge in [-0.2, -0.15) is 0 Å². The molecule has 0 aliphatic carbocycles. The van der Waals surface area contributed by atoms with Crippen molar-refractivity contribution >= 4 is 17.2 Å². The largest absolute Gasteiger partial charge is 0.378 e. The molecule has 0 amide bonds. The summed E-state index contributed by atoms with van der Waals surface area (Å²) >= 11 is 0. The Morgan fingerprint density at radius 3 is 1.77 bits per heavy atom. The Labute approximate surface area is 183 Å². The van der Waals surface area contributed by atoms with Crippen LogP contribution in [-0.2, 0) is 5.54 Å². The van der Waals surface area contributed by atoms with E-state index in [9.17, 15) is 0 Å². The first-order valence-electron chi connectivity index (χ1n) is 10.5. The molecule has 0 aromatic heterocycles. The SMILES string of the molecule is CN(C)c1ccc(C2=NC(c3ccccc3)(c3ccccc3)c3ccccc3N2)cc1. The molecule has 0 atom stereocenters. The summed E-state index contributed by atoms with van der Waals surface area (Å²) in [7, 11) is 4.11. The van der Waals surface area contributed by atoms with Crippen LogP contribution in [0, 0.1) is 0 Å². The highest BCUT2D eigenvalue weighted by molar-refractivity contribution is 6.10. The fourth-order valence-corrected chi connectivity index (χ4v) is 4.31. The molecule has 0 spiro atoms. The first kappa shape index (κ1) is 19.1. The number of anilines is 2. The number of fused-ring (bicyclic) bond motifs is 1. The Morgan fingerprint density at radius 1 is 0.645 bits per heavy atom. The zero-order valence-corrected chi connectivity index (χ0v) is 17.8. The van der Waals surface area contributed by atoms with Gasteiger partial charge in [-0.3, -0.25) is 0 Å². The van der Waals surface area contributed by atoms with Gasteiger partial charge in [0.1, 0.15) is 11.4 Å². The van der Waals surface area contributed by atoms with Gasteiger partial charge in [-0.15, -0.1) is 0 Å². The van der Waals surface area contributed by atoms with E-state index in [0.29, 0.717) is 0 Å². The van der Waals surface area contributed by atoms with Gasteiger partial charge < -0.3 is 10.2 Å². The van der Waals surface area contributed by atoms with Crippen molar-refractivity contribution in [2.45, 2.75) is 5.54 Å². The lowest BCUT2D eigenvalue weighted by atomic mass is 9.76. The molecule has 0 unspecified atom stereocenters. The third-order valence-corrected chi connectivity index (χ3v) is 5.89. The monoisotopic (exact) mass is 403 g/mol. The molecule has 0 bridgehead atoms. The number of para-hydroxylation sites is 1. The molecule has 3 heteroatoms. The van der Waals surface area contributed by atoms with E-state index >= 15 is 0 Å². The summed E-state index contributed by atoms with van der Waals surface area (Å²) in [4.78, 5) is 7.54. The fraction of sp³-hybridized carbons (Fsp3) is 0.107. The predicted molar refractivity (Wildman–Crippen MR) is 130 cm³/mol. The summed E-state index contributed by atoms with van der Waals surface area (Å²) in [5.41, 5.74) is 6.14. The van der Waals surface area contributed by atoms with Crippen molar-refractivity contribution < 1.29 is 0 Å². The second-order valence-corrected chi connectivity index (χ2v) is 8.01. The molecular weight excluding hydrogens is 378 g/mol. The molecule has 1 aliphatic heterocycles. The van der Waals surface area contributed by atoms with Crippen LogP contribution in [0.15, 0.2) is 114 Å². The minimum Gasteiger partial charge on any atom is -0.378 e. The number of aliphatic imine (C=N–C) groups is 1. The number of benzene rings is 4. The Balaban J connectivity index is 1.78. The topological polar surface area (TPSA) is 27.6 Å². The number of rotatable bonds is 4. The summed E-state index contributed by atoms with van der Waals surface area (Å²) in [5.74, 6) is 0.872. The molecule has 152 valence electrons. The van der Waals surface area contributed by atoms with E-state index in [4.69, 9.17) is 4.99 Å². The van der Waals surface area contributed by atoms with Crippen LogP contribution in [0.25, 0.3) is 0 Å². The van der Waals surface area contributed by atoms with Crippen molar-refractivity contribution in [1.29, 1.82) is 0 Å². The van der Waals surface area contributed by atoms with Gasteiger partial charge in [-0.1, -0.05) is 78.9 Å². The molecule has 31 heavy (non-hydrogen) atoms. The van der Waals surface area contributed by atoms with Crippen LogP contribution in [0.4, 0.5) is 11.4 Å². The third-order valence-electron chi connectivity index (χ3n) is 5.89. The Bertz CT molecular complexity index is 1170. The molecule has 4 aromatic carbocycles. The Morgan fingerprint density at radius 2 is 1.19 bits per heavy atom. The first-order chi connectivity index (χ1) is 15.2. The quantitative estimate of drug-likeness (QED) is 0.458. The minimum atomic E-state index is -0.625. The Kier molecular flexibility index (Phi) is 4.79. The molecule has 5 rings (SSSR count). The molecule has 4 aromatic rings. The van der Waals surface area contributed by atoms with E-state index in [-0.39, 0.29) is 0 Å². The van der Waals surface area contributed by atoms with Gasteiger partial charge >= 0.3 is 0 Å². The van der Waals surface area contributed by atoms with Crippen molar-refractivity contribution in [1.82, 2.24) is 0 Å². The van der Waals surface area contributed by atoms with Gasteiger partial charge in [0.05, 0.1) is 0 Å². The molecule has 1 aliphatic rings. The zero-order valence-electron chi connectivity index (χ0n) is 17.8. The molecule has 0 fully saturated rings. The highest BCUT2D eigenvalue weighted by Gasteiger charge is 2.41. The summed E-state index contributed by atoms with van der Waals surface area (Å²) in [6, 6.07) is 38.2. The second kappa shape index (κ2) is 7.77. The third kappa shape index (κ3) is 3.28. The van der Waals surface area contributed by atoms with Crippen LogP contribution < -0.4 is 10.2 Å². The molecule has 3 nitrogen and oxygen atoms in total. The maximum Gasteiger partial charge on any atom is 0.140 e. The van der Waals surface area contributed by atoms with Crippen LogP contribution in [0.5, 0.6) is 0 Å². The highest BCUT2D eigenvalue weighted by atomic mass is 15.1. The lowest BCUT2D eigenvalue weighted by molar-refractivity contribution is 0.652. The number of nitrogens with one attached hydrogen (secondary N) is 1. The van der Waals surface area contributed by atoms with Crippen molar-refractivity contribution in [3.05, 3.63) is 131 Å². The van der Waals surface area contributed by atoms with E-state index in [1.54, 1.807) is 0 Å². The average Bonchev–Trinajstić information content (AvgIpc) is 2.84. The fourth-order valence-electron chi connectivity index (χ4n) is 4.31. The number of nitrogens with zero attached hydrogens (tertiary/aromatic N) is 2. The predicted octanol–water partition coefficient (Wildman–Crippen LogP) is 5.92. The lowest BCUT2D eigenvalue weighted by Crippen LogP contribution is -2.35. The van der Waals surface area contributed by atoms with E-state index in [1.165, 1.54) is 0 Å². The van der Waals surface area contributed by atoms with Crippen LogP contribution in [-0.4, -0.2) is 19.9 Å². The molecule has 0 radical (unpaired) electrons. The minimum absolute atomic E-state index is 0.625. The van der Waals surface area contributed by atoms with Crippen molar-refractivity contribution in [2.75, 3.05) is 24.3 Å². The number of amidine groups is 1. The van der Waals surface area contributed by atoms with E-state index in [0.717, 1.165) is 39.5 Å². The van der Waals surface area contributed by atoms with Gasteiger partial charge in [0.15, 0.2) is 0 Å². The van der Waals surface area contributed by atoms with Crippen LogP contribution in [0.3, 0.4) is 0 Å². The van der Waals surface area contributed by atoms with Crippen LogP contribution in [0.2, 0.25) is 0 Å². The zero-order chi connectivity index (χ0) is 21.3. The smallest absolute Gasteiger partial charge is 0.140 e. The molecular formula is C28H25N3. The maximum atomic E-state index is 5.43. The molecule has 1 heterocycles. The van der Waals surface area contributed by atoms with Crippen molar-refractivity contribution in [2.24, 2.45) is 4.99 Å². The van der Waals surface area contributed by atoms with Crippen LogP contribution in [0.1, 0.15) is 22.3 Å². The molecule has 0 saturated heterocycles. The number of hydrogen-bond acceptors (Lipinski definition) is 3. The summed E-state index contributed by atoms with van der Waals surface area (Å²) < 4.78 is 0. The normalized spacial score (nSPS) is 14.2. The van der Waals surface area contributed by atoms with Gasteiger partial charge in [0, 0.05) is 36.6 Å².